The third kappa shape index (κ3) is 3.11. The van der Waals surface area contributed by atoms with E-state index < -0.39 is 0 Å². The molecule has 0 spiro atoms. The predicted octanol–water partition coefficient (Wildman–Crippen LogP) is 4.51. The van der Waals surface area contributed by atoms with E-state index in [-0.39, 0.29) is 5.60 Å². The summed E-state index contributed by atoms with van der Waals surface area (Å²) in [6, 6.07) is 0. The molecule has 19 heavy (non-hydrogen) atoms. The summed E-state index contributed by atoms with van der Waals surface area (Å²) in [5.41, 5.74) is 0.643. The van der Waals surface area contributed by atoms with Crippen LogP contribution in [0, 0.1) is 5.92 Å². The maximum absolute atomic E-state index is 6.25. The minimum Gasteiger partial charge on any atom is -0.370 e. The minimum absolute atomic E-state index is 0.337. The van der Waals surface area contributed by atoms with Crippen molar-refractivity contribution < 1.29 is 4.74 Å². The Labute approximate surface area is 128 Å². The normalized spacial score (nSPS) is 18.2. The average Bonchev–Trinajstić information content (AvgIpc) is 2.84. The molecular weight excluding hydrogens is 328 g/mol. The molecule has 1 fully saturated rings. The van der Waals surface area contributed by atoms with E-state index in [2.05, 4.69) is 34.8 Å². The number of methoxy groups -OCH3 is 1. The van der Waals surface area contributed by atoms with Gasteiger partial charge in [-0.2, -0.15) is 0 Å². The highest BCUT2D eigenvalue weighted by Gasteiger charge is 2.39. The number of hydrogen-bond acceptors (Lipinski definition) is 3. The Bertz CT molecular complexity index is 459. The Morgan fingerprint density at radius 1 is 1.32 bits per heavy atom. The van der Waals surface area contributed by atoms with Crippen LogP contribution in [-0.4, -0.2) is 17.1 Å². The highest BCUT2D eigenvalue weighted by molar-refractivity contribution is 9.10. The van der Waals surface area contributed by atoms with Gasteiger partial charge in [0.1, 0.15) is 10.8 Å². The van der Waals surface area contributed by atoms with Crippen LogP contribution >= 0.6 is 27.5 Å². The number of aromatic nitrogens is 2. The van der Waals surface area contributed by atoms with Crippen molar-refractivity contribution in [2.24, 2.45) is 5.92 Å². The second-order valence-electron chi connectivity index (χ2n) is 5.60. The van der Waals surface area contributed by atoms with Crippen LogP contribution in [0.1, 0.15) is 51.0 Å². The molecular formula is C14H20BrClN2O. The molecule has 0 amide bonds. The fourth-order valence-corrected chi connectivity index (χ4v) is 3.18. The molecule has 1 aromatic rings. The van der Waals surface area contributed by atoms with Gasteiger partial charge in [0.05, 0.1) is 10.2 Å². The lowest BCUT2D eigenvalue weighted by Gasteiger charge is -2.26. The molecule has 0 bridgehead atoms. The van der Waals surface area contributed by atoms with Gasteiger partial charge in [0.2, 0.25) is 0 Å². The largest absolute Gasteiger partial charge is 0.370 e. The van der Waals surface area contributed by atoms with E-state index in [0.717, 1.165) is 48.1 Å². The zero-order chi connectivity index (χ0) is 14.0. The maximum Gasteiger partial charge on any atom is 0.162 e. The zero-order valence-corrected chi connectivity index (χ0v) is 14.0. The lowest BCUT2D eigenvalue weighted by atomic mass is 10.0. The molecule has 0 saturated heterocycles. The van der Waals surface area contributed by atoms with Gasteiger partial charge < -0.3 is 4.74 Å². The Morgan fingerprint density at radius 2 is 1.95 bits per heavy atom. The molecule has 0 unspecified atom stereocenters. The van der Waals surface area contributed by atoms with E-state index in [1.807, 2.05) is 0 Å². The summed E-state index contributed by atoms with van der Waals surface area (Å²) in [6.07, 6.45) is 5.15. The van der Waals surface area contributed by atoms with Gasteiger partial charge in [0.15, 0.2) is 5.82 Å². The molecule has 1 aromatic heterocycles. The minimum atomic E-state index is -0.337. The molecule has 0 atom stereocenters. The number of hydrogen-bond donors (Lipinski definition) is 0. The summed E-state index contributed by atoms with van der Waals surface area (Å²) >= 11 is 9.74. The van der Waals surface area contributed by atoms with Crippen LogP contribution in [0.2, 0.25) is 5.15 Å². The highest BCUT2D eigenvalue weighted by Crippen LogP contribution is 2.41. The summed E-state index contributed by atoms with van der Waals surface area (Å²) in [4.78, 5) is 9.18. The molecule has 3 nitrogen and oxygen atoms in total. The second-order valence-corrected chi connectivity index (χ2v) is 6.75. The van der Waals surface area contributed by atoms with Crippen LogP contribution in [0.4, 0.5) is 0 Å². The number of halogens is 2. The molecule has 2 rings (SSSR count). The van der Waals surface area contributed by atoms with Crippen LogP contribution in [0.25, 0.3) is 0 Å². The van der Waals surface area contributed by atoms with Crippen LogP contribution in [0.15, 0.2) is 4.47 Å². The highest BCUT2D eigenvalue weighted by atomic mass is 79.9. The van der Waals surface area contributed by atoms with Gasteiger partial charge in [-0.25, -0.2) is 9.97 Å². The molecule has 0 radical (unpaired) electrons. The van der Waals surface area contributed by atoms with Crippen molar-refractivity contribution in [3.8, 4) is 0 Å². The fraction of sp³-hybridized carbons (Fsp3) is 0.714. The SMILES string of the molecule is COC1(c2nc(Cl)c(Br)c(CC(C)C)n2)CCCC1. The fourth-order valence-electron chi connectivity index (χ4n) is 2.65. The van der Waals surface area contributed by atoms with Crippen molar-refractivity contribution in [1.29, 1.82) is 0 Å². The Hall–Kier alpha value is -0.190. The van der Waals surface area contributed by atoms with Gasteiger partial charge in [0.25, 0.3) is 0 Å². The molecule has 0 aromatic carbocycles. The van der Waals surface area contributed by atoms with E-state index in [4.69, 9.17) is 21.3 Å². The topological polar surface area (TPSA) is 35.0 Å². The van der Waals surface area contributed by atoms with E-state index in [9.17, 15) is 0 Å². The average molecular weight is 348 g/mol. The predicted molar refractivity (Wildman–Crippen MR) is 80.4 cm³/mol. The standard InChI is InChI=1S/C14H20BrClN2O/c1-9(2)8-10-11(15)12(16)18-13(17-10)14(19-3)6-4-5-7-14/h9H,4-8H2,1-3H3. The van der Waals surface area contributed by atoms with E-state index in [1.165, 1.54) is 0 Å². The first-order chi connectivity index (χ1) is 8.98. The van der Waals surface area contributed by atoms with Gasteiger partial charge in [-0.15, -0.1) is 0 Å². The van der Waals surface area contributed by atoms with Gasteiger partial charge in [-0.3, -0.25) is 0 Å². The van der Waals surface area contributed by atoms with Crippen molar-refractivity contribution >= 4 is 27.5 Å². The molecule has 1 aliphatic carbocycles. The first-order valence-electron chi connectivity index (χ1n) is 6.76. The van der Waals surface area contributed by atoms with Crippen LogP contribution in [0.3, 0.4) is 0 Å². The third-order valence-corrected chi connectivity index (χ3v) is 5.03. The van der Waals surface area contributed by atoms with Gasteiger partial charge in [-0.05, 0) is 54.0 Å². The Kier molecular flexibility index (Phi) is 4.85. The van der Waals surface area contributed by atoms with Crippen molar-refractivity contribution in [1.82, 2.24) is 9.97 Å². The van der Waals surface area contributed by atoms with Gasteiger partial charge in [-0.1, -0.05) is 25.4 Å². The Balaban J connectivity index is 2.43. The van der Waals surface area contributed by atoms with Crippen LogP contribution in [0.5, 0.6) is 0 Å². The summed E-state index contributed by atoms with van der Waals surface area (Å²) in [7, 11) is 1.74. The van der Waals surface area contributed by atoms with Crippen LogP contribution < -0.4 is 0 Å². The monoisotopic (exact) mass is 346 g/mol. The quantitative estimate of drug-likeness (QED) is 0.752. The molecule has 0 aliphatic heterocycles. The zero-order valence-electron chi connectivity index (χ0n) is 11.7. The second kappa shape index (κ2) is 6.06. The lowest BCUT2D eigenvalue weighted by Crippen LogP contribution is -2.28. The molecule has 106 valence electrons. The molecule has 1 heterocycles. The molecule has 1 aliphatic rings. The smallest absolute Gasteiger partial charge is 0.162 e. The van der Waals surface area contributed by atoms with Gasteiger partial charge >= 0.3 is 0 Å². The van der Waals surface area contributed by atoms with Crippen LogP contribution in [-0.2, 0) is 16.8 Å². The van der Waals surface area contributed by atoms with Crippen molar-refractivity contribution in [2.75, 3.05) is 7.11 Å². The third-order valence-electron chi connectivity index (χ3n) is 3.69. The lowest BCUT2D eigenvalue weighted by molar-refractivity contribution is -0.0165. The summed E-state index contributed by atoms with van der Waals surface area (Å²) in [5.74, 6) is 1.27. The van der Waals surface area contributed by atoms with Crippen molar-refractivity contribution in [3.05, 3.63) is 21.1 Å². The summed E-state index contributed by atoms with van der Waals surface area (Å²) < 4.78 is 6.56. The Morgan fingerprint density at radius 3 is 2.47 bits per heavy atom. The summed E-state index contributed by atoms with van der Waals surface area (Å²) in [6.45, 7) is 4.34. The van der Waals surface area contributed by atoms with E-state index in [0.29, 0.717) is 11.1 Å². The number of ether oxygens (including phenoxy) is 1. The summed E-state index contributed by atoms with van der Waals surface area (Å²) in [5, 5.41) is 0.490. The number of rotatable bonds is 4. The van der Waals surface area contributed by atoms with E-state index >= 15 is 0 Å². The first-order valence-corrected chi connectivity index (χ1v) is 7.93. The number of nitrogens with zero attached hydrogens (tertiary/aromatic N) is 2. The van der Waals surface area contributed by atoms with E-state index in [1.54, 1.807) is 7.11 Å². The molecule has 5 heteroatoms. The van der Waals surface area contributed by atoms with Crippen molar-refractivity contribution in [3.63, 3.8) is 0 Å². The van der Waals surface area contributed by atoms with Crippen molar-refractivity contribution in [2.45, 2.75) is 51.6 Å². The first kappa shape index (κ1) is 15.2. The molecule has 1 saturated carbocycles. The van der Waals surface area contributed by atoms with Gasteiger partial charge in [0, 0.05) is 7.11 Å². The molecule has 0 N–H and O–H groups in total. The maximum atomic E-state index is 6.25.